The van der Waals surface area contributed by atoms with Gasteiger partial charge < -0.3 is 15.4 Å². The lowest BCUT2D eigenvalue weighted by atomic mass is 10.2. The number of ether oxygens (including phenoxy) is 1. The second-order valence-corrected chi connectivity index (χ2v) is 4.99. The standard InChI is InChI=1S/C12H18N4O4/c1-12(2,3)20-11(19)14-7-6-13-10(18)8-4-5-9(17)16-15-8/h4-5H,6-7H2,1-3H3,(H,13,18)(H,14,19)(H,16,17). The van der Waals surface area contributed by atoms with E-state index < -0.39 is 17.6 Å². The highest BCUT2D eigenvalue weighted by Crippen LogP contribution is 2.05. The number of nitrogens with zero attached hydrogens (tertiary/aromatic N) is 1. The van der Waals surface area contributed by atoms with E-state index in [1.54, 1.807) is 20.8 Å². The van der Waals surface area contributed by atoms with Crippen LogP contribution in [-0.2, 0) is 4.74 Å². The highest BCUT2D eigenvalue weighted by Gasteiger charge is 2.15. The molecule has 1 rings (SSSR count). The molecule has 0 aliphatic heterocycles. The van der Waals surface area contributed by atoms with Crippen molar-refractivity contribution in [3.63, 3.8) is 0 Å². The average molecular weight is 282 g/mol. The van der Waals surface area contributed by atoms with Gasteiger partial charge in [0.2, 0.25) is 0 Å². The summed E-state index contributed by atoms with van der Waals surface area (Å²) < 4.78 is 5.03. The maximum atomic E-state index is 11.6. The van der Waals surface area contributed by atoms with Crippen LogP contribution in [-0.4, -0.2) is 40.9 Å². The van der Waals surface area contributed by atoms with Crippen LogP contribution in [0.15, 0.2) is 16.9 Å². The van der Waals surface area contributed by atoms with Crippen LogP contribution in [0.3, 0.4) is 0 Å². The summed E-state index contributed by atoms with van der Waals surface area (Å²) in [6, 6.07) is 2.52. The predicted octanol–water partition coefficient (Wildman–Crippen LogP) is 0.0244. The lowest BCUT2D eigenvalue weighted by Crippen LogP contribution is -2.38. The van der Waals surface area contributed by atoms with E-state index >= 15 is 0 Å². The third kappa shape index (κ3) is 5.98. The smallest absolute Gasteiger partial charge is 0.407 e. The Bertz CT molecular complexity index is 512. The molecular weight excluding hydrogens is 264 g/mol. The largest absolute Gasteiger partial charge is 0.444 e. The molecule has 0 fully saturated rings. The second kappa shape index (κ2) is 6.69. The summed E-state index contributed by atoms with van der Waals surface area (Å²) in [7, 11) is 0. The van der Waals surface area contributed by atoms with Crippen LogP contribution in [0.2, 0.25) is 0 Å². The minimum absolute atomic E-state index is 0.0990. The molecule has 110 valence electrons. The molecule has 20 heavy (non-hydrogen) atoms. The number of hydrogen-bond acceptors (Lipinski definition) is 5. The van der Waals surface area contributed by atoms with Crippen molar-refractivity contribution in [3.05, 3.63) is 28.2 Å². The van der Waals surface area contributed by atoms with Crippen LogP contribution < -0.4 is 16.2 Å². The van der Waals surface area contributed by atoms with Gasteiger partial charge in [0.05, 0.1) is 0 Å². The SMILES string of the molecule is CC(C)(C)OC(=O)NCCNC(=O)c1ccc(=O)[nH]n1. The number of carbonyl (C=O) groups is 2. The fourth-order valence-corrected chi connectivity index (χ4v) is 1.22. The molecule has 1 aromatic heterocycles. The molecule has 0 unspecified atom stereocenters. The van der Waals surface area contributed by atoms with Crippen molar-refractivity contribution in [1.29, 1.82) is 0 Å². The van der Waals surface area contributed by atoms with Crippen LogP contribution in [0.5, 0.6) is 0 Å². The molecule has 8 nitrogen and oxygen atoms in total. The van der Waals surface area contributed by atoms with E-state index in [0.29, 0.717) is 0 Å². The zero-order chi connectivity index (χ0) is 15.2. The van der Waals surface area contributed by atoms with E-state index in [1.807, 2.05) is 0 Å². The topological polar surface area (TPSA) is 113 Å². The molecule has 0 aromatic carbocycles. The highest BCUT2D eigenvalue weighted by molar-refractivity contribution is 5.91. The lowest BCUT2D eigenvalue weighted by Gasteiger charge is -2.19. The fraction of sp³-hybridized carbons (Fsp3) is 0.500. The normalized spacial score (nSPS) is 10.8. The number of amides is 2. The monoisotopic (exact) mass is 282 g/mol. The van der Waals surface area contributed by atoms with E-state index in [9.17, 15) is 14.4 Å². The van der Waals surface area contributed by atoms with Crippen molar-refractivity contribution in [2.75, 3.05) is 13.1 Å². The van der Waals surface area contributed by atoms with Crippen molar-refractivity contribution < 1.29 is 14.3 Å². The van der Waals surface area contributed by atoms with Crippen molar-refractivity contribution in [1.82, 2.24) is 20.8 Å². The Morgan fingerprint density at radius 1 is 1.25 bits per heavy atom. The summed E-state index contributed by atoms with van der Waals surface area (Å²) in [6.45, 7) is 5.73. The predicted molar refractivity (Wildman–Crippen MR) is 71.4 cm³/mol. The van der Waals surface area contributed by atoms with Gasteiger partial charge in [-0.05, 0) is 26.8 Å². The average Bonchev–Trinajstić information content (AvgIpc) is 2.33. The summed E-state index contributed by atoms with van der Waals surface area (Å²) in [4.78, 5) is 33.7. The third-order valence-corrected chi connectivity index (χ3v) is 1.99. The molecule has 0 radical (unpaired) electrons. The van der Waals surface area contributed by atoms with Gasteiger partial charge in [-0.1, -0.05) is 0 Å². The molecule has 0 saturated carbocycles. The zero-order valence-corrected chi connectivity index (χ0v) is 11.6. The molecule has 1 heterocycles. The van der Waals surface area contributed by atoms with Crippen molar-refractivity contribution in [2.24, 2.45) is 0 Å². The van der Waals surface area contributed by atoms with E-state index in [1.165, 1.54) is 12.1 Å². The molecule has 1 aromatic rings. The first-order valence-electron chi connectivity index (χ1n) is 6.09. The van der Waals surface area contributed by atoms with Gasteiger partial charge in [0, 0.05) is 19.2 Å². The van der Waals surface area contributed by atoms with Gasteiger partial charge in [-0.15, -0.1) is 0 Å². The first kappa shape index (κ1) is 15.7. The Hall–Kier alpha value is -2.38. The van der Waals surface area contributed by atoms with Gasteiger partial charge in [-0.2, -0.15) is 5.10 Å². The van der Waals surface area contributed by atoms with Gasteiger partial charge in [0.15, 0.2) is 0 Å². The Balaban J connectivity index is 2.27. The summed E-state index contributed by atoms with van der Waals surface area (Å²) >= 11 is 0. The van der Waals surface area contributed by atoms with Crippen LogP contribution in [0.1, 0.15) is 31.3 Å². The summed E-state index contributed by atoms with van der Waals surface area (Å²) in [5.74, 6) is -0.438. The first-order valence-corrected chi connectivity index (χ1v) is 6.09. The van der Waals surface area contributed by atoms with Crippen molar-refractivity contribution in [3.8, 4) is 0 Å². The van der Waals surface area contributed by atoms with Crippen LogP contribution >= 0.6 is 0 Å². The molecular formula is C12H18N4O4. The molecule has 0 aliphatic carbocycles. The van der Waals surface area contributed by atoms with Gasteiger partial charge in [0.25, 0.3) is 11.5 Å². The number of nitrogens with one attached hydrogen (secondary N) is 3. The summed E-state index contributed by atoms with van der Waals surface area (Å²) in [5.41, 5.74) is -0.845. The summed E-state index contributed by atoms with van der Waals surface area (Å²) in [5, 5.41) is 10.8. The van der Waals surface area contributed by atoms with E-state index in [0.717, 1.165) is 0 Å². The number of carbonyl (C=O) groups excluding carboxylic acids is 2. The molecule has 0 atom stereocenters. The number of H-pyrrole nitrogens is 1. The number of aromatic amines is 1. The third-order valence-electron chi connectivity index (χ3n) is 1.99. The Labute approximate surface area is 115 Å². The second-order valence-electron chi connectivity index (χ2n) is 4.99. The maximum absolute atomic E-state index is 11.6. The molecule has 0 spiro atoms. The van der Waals surface area contributed by atoms with Gasteiger partial charge in [-0.3, -0.25) is 9.59 Å². The number of hydrogen-bond donors (Lipinski definition) is 3. The number of rotatable bonds is 4. The molecule has 2 amide bonds. The Morgan fingerprint density at radius 3 is 2.45 bits per heavy atom. The molecule has 3 N–H and O–H groups in total. The molecule has 0 saturated heterocycles. The maximum Gasteiger partial charge on any atom is 0.407 e. The summed E-state index contributed by atoms with van der Waals surface area (Å²) in [6.07, 6.45) is -0.547. The zero-order valence-electron chi connectivity index (χ0n) is 11.6. The van der Waals surface area contributed by atoms with E-state index in [-0.39, 0.29) is 24.3 Å². The molecule has 8 heteroatoms. The van der Waals surface area contributed by atoms with Gasteiger partial charge >= 0.3 is 6.09 Å². The Morgan fingerprint density at radius 2 is 1.90 bits per heavy atom. The van der Waals surface area contributed by atoms with Crippen LogP contribution in [0.25, 0.3) is 0 Å². The van der Waals surface area contributed by atoms with Crippen LogP contribution in [0.4, 0.5) is 4.79 Å². The van der Waals surface area contributed by atoms with Gasteiger partial charge in [0.1, 0.15) is 11.3 Å². The van der Waals surface area contributed by atoms with Crippen LogP contribution in [0, 0.1) is 0 Å². The van der Waals surface area contributed by atoms with Crippen molar-refractivity contribution in [2.45, 2.75) is 26.4 Å². The lowest BCUT2D eigenvalue weighted by molar-refractivity contribution is 0.0526. The number of alkyl carbamates (subject to hydrolysis) is 1. The minimum atomic E-state index is -0.562. The van der Waals surface area contributed by atoms with Crippen molar-refractivity contribution >= 4 is 12.0 Å². The Kier molecular flexibility index (Phi) is 5.24. The van der Waals surface area contributed by atoms with E-state index in [4.69, 9.17) is 4.74 Å². The quantitative estimate of drug-likeness (QED) is 0.674. The van der Waals surface area contributed by atoms with E-state index in [2.05, 4.69) is 20.8 Å². The number of aromatic nitrogens is 2. The van der Waals surface area contributed by atoms with Gasteiger partial charge in [-0.25, -0.2) is 9.89 Å². The first-order chi connectivity index (χ1) is 9.28. The fourth-order valence-electron chi connectivity index (χ4n) is 1.22. The molecule has 0 aliphatic rings. The minimum Gasteiger partial charge on any atom is -0.444 e. The molecule has 0 bridgehead atoms. The highest BCUT2D eigenvalue weighted by atomic mass is 16.6.